The summed E-state index contributed by atoms with van der Waals surface area (Å²) in [5.74, 6) is -1.84. The van der Waals surface area contributed by atoms with Crippen molar-refractivity contribution in [2.75, 3.05) is 73.4 Å². The number of pyridine rings is 1. The fraction of sp³-hybridized carbons (Fsp3) is 0.439. The smallest absolute Gasteiger partial charge is 0.422 e. The third kappa shape index (κ3) is 8.55. The minimum Gasteiger partial charge on any atom is -0.466 e. The highest BCUT2D eigenvalue weighted by atomic mass is 19.4. The minimum absolute atomic E-state index is 0.0877. The van der Waals surface area contributed by atoms with E-state index in [9.17, 15) is 31.5 Å². The molecule has 1 aliphatic carbocycles. The Labute approximate surface area is 332 Å². The lowest BCUT2D eigenvalue weighted by atomic mass is 9.91. The van der Waals surface area contributed by atoms with Gasteiger partial charge < -0.3 is 30.1 Å². The van der Waals surface area contributed by atoms with Crippen LogP contribution in [0.15, 0.2) is 54.7 Å². The van der Waals surface area contributed by atoms with Crippen molar-refractivity contribution < 1.29 is 36.3 Å². The molecule has 2 amide bonds. The molecule has 3 aliphatic heterocycles. The molecular weight excluding hydrogens is 762 g/mol. The Balaban J connectivity index is 0.983. The number of piperazine rings is 1. The first-order valence-corrected chi connectivity index (χ1v) is 19.4. The number of ether oxygens (including phenoxy) is 1. The number of anilines is 5. The molecule has 4 aliphatic rings. The van der Waals surface area contributed by atoms with Crippen LogP contribution in [-0.2, 0) is 28.0 Å². The number of carbonyl (C=O) groups is 2. The maximum Gasteiger partial charge on any atom is 0.422 e. The zero-order chi connectivity index (χ0) is 40.8. The lowest BCUT2D eigenvalue weighted by Crippen LogP contribution is -2.52. The van der Waals surface area contributed by atoms with Gasteiger partial charge in [0.15, 0.2) is 6.61 Å². The summed E-state index contributed by atoms with van der Waals surface area (Å²) >= 11 is 0. The summed E-state index contributed by atoms with van der Waals surface area (Å²) < 4.78 is 72.8. The highest BCUT2D eigenvalue weighted by Gasteiger charge is 2.58. The molecule has 1 saturated carbocycles. The predicted octanol–water partition coefficient (Wildman–Crippen LogP) is 6.12. The summed E-state index contributed by atoms with van der Waals surface area (Å²) in [5, 5.41) is 5.77. The molecule has 8 rings (SSSR count). The van der Waals surface area contributed by atoms with Crippen LogP contribution >= 0.6 is 0 Å². The van der Waals surface area contributed by atoms with Crippen LogP contribution in [-0.4, -0.2) is 102 Å². The Morgan fingerprint density at radius 2 is 1.67 bits per heavy atom. The second-order valence-corrected chi connectivity index (χ2v) is 15.7. The van der Waals surface area contributed by atoms with Crippen LogP contribution in [0.3, 0.4) is 0 Å². The molecular formula is C41H44F5N9O3. The van der Waals surface area contributed by atoms with Crippen LogP contribution in [0.4, 0.5) is 50.8 Å². The van der Waals surface area contributed by atoms with Gasteiger partial charge in [0.2, 0.25) is 23.6 Å². The number of amides is 2. The van der Waals surface area contributed by atoms with E-state index in [1.807, 2.05) is 6.92 Å². The van der Waals surface area contributed by atoms with Crippen LogP contribution in [0.25, 0.3) is 0 Å². The Morgan fingerprint density at radius 3 is 2.36 bits per heavy atom. The fourth-order valence-electron chi connectivity index (χ4n) is 8.18. The first-order chi connectivity index (χ1) is 27.7. The second-order valence-electron chi connectivity index (χ2n) is 15.7. The Morgan fingerprint density at radius 1 is 0.948 bits per heavy atom. The second kappa shape index (κ2) is 15.7. The molecule has 3 fully saturated rings. The number of nitrogens with zero attached hydrogens (tertiary/aromatic N) is 7. The molecule has 2 aromatic carbocycles. The number of aryl methyl sites for hydroxylation is 1. The van der Waals surface area contributed by atoms with Gasteiger partial charge in [-0.05, 0) is 87.2 Å². The number of hydrogen-bond donors (Lipinski definition) is 2. The van der Waals surface area contributed by atoms with Crippen molar-refractivity contribution in [2.24, 2.45) is 0 Å². The number of likely N-dealkylation sites (N-methyl/N-ethyl adjacent to an activating group) is 1. The van der Waals surface area contributed by atoms with Crippen LogP contribution < -0.4 is 25.2 Å². The molecule has 0 atom stereocenters. The predicted molar refractivity (Wildman–Crippen MR) is 207 cm³/mol. The summed E-state index contributed by atoms with van der Waals surface area (Å²) in [4.78, 5) is 49.4. The van der Waals surface area contributed by atoms with E-state index in [1.165, 1.54) is 0 Å². The first-order valence-electron chi connectivity index (χ1n) is 19.4. The molecule has 2 saturated heterocycles. The first kappa shape index (κ1) is 39.4. The highest BCUT2D eigenvalue weighted by molar-refractivity contribution is 6.05. The van der Waals surface area contributed by atoms with Gasteiger partial charge in [-0.25, -0.2) is 18.7 Å². The Hall–Kier alpha value is -5.42. The molecule has 17 heteroatoms. The molecule has 58 heavy (non-hydrogen) atoms. The van der Waals surface area contributed by atoms with Gasteiger partial charge in [0, 0.05) is 74.5 Å². The van der Waals surface area contributed by atoms with Gasteiger partial charge >= 0.3 is 6.18 Å². The average Bonchev–Trinajstić information content (AvgIpc) is 3.98. The van der Waals surface area contributed by atoms with Gasteiger partial charge in [0.05, 0.1) is 24.1 Å². The Bertz CT molecular complexity index is 2180. The lowest BCUT2D eigenvalue weighted by molar-refractivity contribution is -0.154. The summed E-state index contributed by atoms with van der Waals surface area (Å²) in [7, 11) is 2.13. The van der Waals surface area contributed by atoms with Crippen LogP contribution in [0.5, 0.6) is 5.88 Å². The molecule has 306 valence electrons. The SMILES string of the molecule is Cc1ccc(NC(=O)Cc2cc(F)cc(F)c2)cc1N1Cc2cnc(Nc3ccc(N4CCC(N5CCN(C)CC5)CC4)nc3OCC(F)(F)F)nc2C2(CC2)C1=O. The van der Waals surface area contributed by atoms with E-state index in [1.54, 1.807) is 41.4 Å². The van der Waals surface area contributed by atoms with E-state index < -0.39 is 35.7 Å². The van der Waals surface area contributed by atoms with Gasteiger partial charge in [0.1, 0.15) is 23.1 Å². The molecule has 2 N–H and O–H groups in total. The van der Waals surface area contributed by atoms with Crippen molar-refractivity contribution >= 4 is 40.6 Å². The van der Waals surface area contributed by atoms with Crippen molar-refractivity contribution in [3.05, 3.63) is 88.7 Å². The van der Waals surface area contributed by atoms with Crippen molar-refractivity contribution in [3.63, 3.8) is 0 Å². The average molecular weight is 806 g/mol. The van der Waals surface area contributed by atoms with E-state index in [2.05, 4.69) is 42.3 Å². The summed E-state index contributed by atoms with van der Waals surface area (Å²) in [6.07, 6.45) is -0.319. The van der Waals surface area contributed by atoms with Crippen molar-refractivity contribution in [1.82, 2.24) is 24.8 Å². The van der Waals surface area contributed by atoms with E-state index in [4.69, 9.17) is 9.72 Å². The zero-order valence-electron chi connectivity index (χ0n) is 32.2. The number of fused-ring (bicyclic) bond motifs is 2. The number of carbonyl (C=O) groups excluding carboxylic acids is 2. The van der Waals surface area contributed by atoms with Gasteiger partial charge in [-0.15, -0.1) is 0 Å². The monoisotopic (exact) mass is 805 g/mol. The van der Waals surface area contributed by atoms with Crippen LogP contribution in [0.2, 0.25) is 0 Å². The normalized spacial score (nSPS) is 18.6. The van der Waals surface area contributed by atoms with Crippen molar-refractivity contribution in [3.8, 4) is 5.88 Å². The van der Waals surface area contributed by atoms with E-state index in [0.29, 0.717) is 60.4 Å². The van der Waals surface area contributed by atoms with Crippen LogP contribution in [0, 0.1) is 18.6 Å². The number of piperidine rings is 1. The molecule has 2 aromatic heterocycles. The quantitative estimate of drug-likeness (QED) is 0.182. The van der Waals surface area contributed by atoms with E-state index >= 15 is 0 Å². The third-order valence-corrected chi connectivity index (χ3v) is 11.4. The van der Waals surface area contributed by atoms with E-state index in [0.717, 1.165) is 62.8 Å². The summed E-state index contributed by atoms with van der Waals surface area (Å²) in [5.41, 5.74) is 2.41. The molecule has 0 unspecified atom stereocenters. The van der Waals surface area contributed by atoms with Gasteiger partial charge in [0.25, 0.3) is 0 Å². The third-order valence-electron chi connectivity index (χ3n) is 11.4. The van der Waals surface area contributed by atoms with Gasteiger partial charge in [-0.2, -0.15) is 18.2 Å². The van der Waals surface area contributed by atoms with Gasteiger partial charge in [-0.3, -0.25) is 14.5 Å². The molecule has 5 heterocycles. The number of hydrogen-bond acceptors (Lipinski definition) is 10. The van der Waals surface area contributed by atoms with Gasteiger partial charge in [-0.1, -0.05) is 6.07 Å². The maximum atomic E-state index is 14.2. The Kier molecular flexibility index (Phi) is 10.7. The largest absolute Gasteiger partial charge is 0.466 e. The highest BCUT2D eigenvalue weighted by Crippen LogP contribution is 2.53. The molecule has 12 nitrogen and oxygen atoms in total. The molecule has 0 radical (unpaired) electrons. The molecule has 0 bridgehead atoms. The number of benzene rings is 2. The zero-order valence-corrected chi connectivity index (χ0v) is 32.2. The van der Waals surface area contributed by atoms with Crippen LogP contribution in [0.1, 0.15) is 48.1 Å². The topological polar surface area (TPSA) is 119 Å². The molecule has 1 spiro atoms. The number of halogens is 5. The number of aromatic nitrogens is 3. The van der Waals surface area contributed by atoms with Crippen molar-refractivity contribution in [2.45, 2.75) is 63.2 Å². The number of alkyl halides is 3. The lowest BCUT2D eigenvalue weighted by Gasteiger charge is -2.42. The molecule has 4 aromatic rings. The standard InChI is InChI=1S/C41H44F5N9O3/c1-25-3-4-30(48-35(56)19-26-17-28(42)20-29(43)18-26)21-33(25)55-23-27-22-47-39(51-36(27)40(9-10-40)38(55)57)49-32-5-6-34(50-37(32)58-24-41(44,45)46)54-11-7-31(8-12-54)53-15-13-52(2)14-16-53/h3-6,17-18,20-22,31H,7-16,19,23-24H2,1-2H3,(H,48,56)(H,47,49,51). The van der Waals surface area contributed by atoms with E-state index in [-0.39, 0.29) is 42.0 Å². The number of nitrogens with one attached hydrogen (secondary N) is 2. The van der Waals surface area contributed by atoms with Crippen molar-refractivity contribution in [1.29, 1.82) is 0 Å². The summed E-state index contributed by atoms with van der Waals surface area (Å²) in [6, 6.07) is 11.9. The number of rotatable bonds is 10. The maximum absolute atomic E-state index is 14.2. The fourth-order valence-corrected chi connectivity index (χ4v) is 8.18. The summed E-state index contributed by atoms with van der Waals surface area (Å²) in [6.45, 7) is 6.00. The minimum atomic E-state index is -4.59.